The molecule has 0 unspecified atom stereocenters. The molecule has 2 atom stereocenters. The summed E-state index contributed by atoms with van der Waals surface area (Å²) in [5, 5.41) is 8.17. The quantitative estimate of drug-likeness (QED) is 0.577. The SMILES string of the molecule is C[C@@H](CCC(=O)NC(C)(C)C)CC(=O)C[C@@H](C)C(=O)NCc1cccc2ccccc12. The fourth-order valence-corrected chi connectivity index (χ4v) is 3.67. The van der Waals surface area contributed by atoms with E-state index in [0.29, 0.717) is 25.8 Å². The lowest BCUT2D eigenvalue weighted by Gasteiger charge is -2.21. The summed E-state index contributed by atoms with van der Waals surface area (Å²) in [7, 11) is 0. The van der Waals surface area contributed by atoms with Crippen LogP contribution in [0.1, 0.15) is 65.9 Å². The number of carbonyl (C=O) groups is 3. The highest BCUT2D eigenvalue weighted by molar-refractivity contribution is 5.88. The topological polar surface area (TPSA) is 75.3 Å². The maximum absolute atomic E-state index is 12.5. The summed E-state index contributed by atoms with van der Waals surface area (Å²) in [4.78, 5) is 36.9. The fraction of sp³-hybridized carbons (Fsp3) is 0.500. The van der Waals surface area contributed by atoms with Gasteiger partial charge in [-0.05, 0) is 49.4 Å². The molecular weight excluding hydrogens is 388 g/mol. The molecule has 0 aliphatic rings. The molecular formula is C26H36N2O3. The van der Waals surface area contributed by atoms with E-state index in [1.165, 1.54) is 0 Å². The Labute approximate surface area is 186 Å². The van der Waals surface area contributed by atoms with Crippen molar-refractivity contribution in [2.24, 2.45) is 11.8 Å². The first-order chi connectivity index (χ1) is 14.5. The molecule has 0 heterocycles. The second-order valence-corrected chi connectivity index (χ2v) is 9.65. The Balaban J connectivity index is 1.76. The molecule has 2 rings (SSSR count). The van der Waals surface area contributed by atoms with Crippen LogP contribution in [0.2, 0.25) is 0 Å². The number of amides is 2. The van der Waals surface area contributed by atoms with Crippen LogP contribution in [-0.4, -0.2) is 23.1 Å². The van der Waals surface area contributed by atoms with Gasteiger partial charge in [0.25, 0.3) is 0 Å². The van der Waals surface area contributed by atoms with Crippen molar-refractivity contribution in [3.8, 4) is 0 Å². The Morgan fingerprint density at radius 2 is 1.61 bits per heavy atom. The zero-order chi connectivity index (χ0) is 23.0. The number of hydrogen-bond acceptors (Lipinski definition) is 3. The molecule has 2 amide bonds. The molecule has 0 bridgehead atoms. The Morgan fingerprint density at radius 1 is 0.935 bits per heavy atom. The van der Waals surface area contributed by atoms with Gasteiger partial charge >= 0.3 is 0 Å². The van der Waals surface area contributed by atoms with Gasteiger partial charge in [-0.25, -0.2) is 0 Å². The molecule has 2 N–H and O–H groups in total. The van der Waals surface area contributed by atoms with Crippen LogP contribution in [0.3, 0.4) is 0 Å². The van der Waals surface area contributed by atoms with Gasteiger partial charge in [0.1, 0.15) is 5.78 Å². The fourth-order valence-electron chi connectivity index (χ4n) is 3.67. The molecule has 168 valence electrons. The van der Waals surface area contributed by atoms with Gasteiger partial charge in [-0.1, -0.05) is 56.3 Å². The molecule has 0 aromatic heterocycles. The summed E-state index contributed by atoms with van der Waals surface area (Å²) in [5.74, 6) is -0.300. The third-order valence-corrected chi connectivity index (χ3v) is 5.27. The Morgan fingerprint density at radius 3 is 2.32 bits per heavy atom. The third-order valence-electron chi connectivity index (χ3n) is 5.27. The summed E-state index contributed by atoms with van der Waals surface area (Å²) < 4.78 is 0. The molecule has 5 heteroatoms. The first kappa shape index (κ1) is 24.6. The van der Waals surface area contributed by atoms with Gasteiger partial charge in [0.05, 0.1) is 0 Å². The minimum Gasteiger partial charge on any atom is -0.352 e. The van der Waals surface area contributed by atoms with Crippen LogP contribution >= 0.6 is 0 Å². The van der Waals surface area contributed by atoms with Gasteiger partial charge in [-0.15, -0.1) is 0 Å². The van der Waals surface area contributed by atoms with E-state index in [4.69, 9.17) is 0 Å². The largest absolute Gasteiger partial charge is 0.352 e. The lowest BCUT2D eigenvalue weighted by atomic mass is 9.93. The number of hydrogen-bond donors (Lipinski definition) is 2. The molecule has 2 aromatic rings. The van der Waals surface area contributed by atoms with Crippen LogP contribution in [-0.2, 0) is 20.9 Å². The minimum atomic E-state index is -0.376. The third kappa shape index (κ3) is 8.52. The van der Waals surface area contributed by atoms with E-state index in [9.17, 15) is 14.4 Å². The van der Waals surface area contributed by atoms with E-state index in [2.05, 4.69) is 22.8 Å². The number of nitrogens with one attached hydrogen (secondary N) is 2. The molecule has 0 fully saturated rings. The second kappa shape index (κ2) is 11.1. The van der Waals surface area contributed by atoms with Crippen LogP contribution in [0, 0.1) is 11.8 Å². The lowest BCUT2D eigenvalue weighted by molar-refractivity contribution is -0.129. The highest BCUT2D eigenvalue weighted by atomic mass is 16.2. The van der Waals surface area contributed by atoms with E-state index in [0.717, 1.165) is 16.3 Å². The molecule has 0 saturated carbocycles. The van der Waals surface area contributed by atoms with Crippen molar-refractivity contribution >= 4 is 28.4 Å². The van der Waals surface area contributed by atoms with E-state index in [1.54, 1.807) is 6.92 Å². The predicted molar refractivity (Wildman–Crippen MR) is 125 cm³/mol. The number of fused-ring (bicyclic) bond motifs is 1. The monoisotopic (exact) mass is 424 g/mol. The maximum Gasteiger partial charge on any atom is 0.223 e. The van der Waals surface area contributed by atoms with E-state index in [1.807, 2.05) is 58.0 Å². The van der Waals surface area contributed by atoms with Gasteiger partial charge in [-0.2, -0.15) is 0 Å². The van der Waals surface area contributed by atoms with Crippen molar-refractivity contribution in [1.82, 2.24) is 10.6 Å². The van der Waals surface area contributed by atoms with E-state index in [-0.39, 0.29) is 41.4 Å². The van der Waals surface area contributed by atoms with Gasteiger partial charge in [-0.3, -0.25) is 14.4 Å². The van der Waals surface area contributed by atoms with Crippen molar-refractivity contribution < 1.29 is 14.4 Å². The molecule has 2 aromatic carbocycles. The molecule has 0 aliphatic carbocycles. The first-order valence-corrected chi connectivity index (χ1v) is 11.1. The van der Waals surface area contributed by atoms with Crippen LogP contribution < -0.4 is 10.6 Å². The number of Topliss-reactive ketones (excluding diaryl/α,β-unsaturated/α-hetero) is 1. The summed E-state index contributed by atoms with van der Waals surface area (Å²) in [5.41, 5.74) is 0.817. The van der Waals surface area contributed by atoms with Gasteiger partial charge in [0, 0.05) is 37.3 Å². The smallest absolute Gasteiger partial charge is 0.223 e. The zero-order valence-electron chi connectivity index (χ0n) is 19.5. The van der Waals surface area contributed by atoms with E-state index < -0.39 is 0 Å². The Bertz CT molecular complexity index is 909. The summed E-state index contributed by atoms with van der Waals surface area (Å²) in [6, 6.07) is 14.1. The first-order valence-electron chi connectivity index (χ1n) is 11.1. The minimum absolute atomic E-state index is 0.00739. The summed E-state index contributed by atoms with van der Waals surface area (Å²) in [6.45, 7) is 10.1. The zero-order valence-corrected chi connectivity index (χ0v) is 19.5. The van der Waals surface area contributed by atoms with Gasteiger partial charge < -0.3 is 10.6 Å². The Hall–Kier alpha value is -2.69. The second-order valence-electron chi connectivity index (χ2n) is 9.65. The molecule has 0 saturated heterocycles. The molecule has 0 spiro atoms. The van der Waals surface area contributed by atoms with Gasteiger partial charge in [0.15, 0.2) is 0 Å². The van der Waals surface area contributed by atoms with E-state index >= 15 is 0 Å². The van der Waals surface area contributed by atoms with Crippen LogP contribution in [0.25, 0.3) is 10.8 Å². The summed E-state index contributed by atoms with van der Waals surface area (Å²) in [6.07, 6.45) is 1.69. The van der Waals surface area contributed by atoms with Crippen molar-refractivity contribution in [2.75, 3.05) is 0 Å². The molecule has 31 heavy (non-hydrogen) atoms. The van der Waals surface area contributed by atoms with Crippen molar-refractivity contribution in [3.05, 3.63) is 48.0 Å². The highest BCUT2D eigenvalue weighted by Crippen LogP contribution is 2.19. The van der Waals surface area contributed by atoms with Gasteiger partial charge in [0.2, 0.25) is 11.8 Å². The van der Waals surface area contributed by atoms with Crippen LogP contribution in [0.5, 0.6) is 0 Å². The number of benzene rings is 2. The average Bonchev–Trinajstić information content (AvgIpc) is 2.69. The number of carbonyl (C=O) groups excluding carboxylic acids is 3. The lowest BCUT2D eigenvalue weighted by Crippen LogP contribution is -2.40. The van der Waals surface area contributed by atoms with Crippen LogP contribution in [0.15, 0.2) is 42.5 Å². The molecule has 0 radical (unpaired) electrons. The predicted octanol–water partition coefficient (Wildman–Crippen LogP) is 4.77. The normalized spacial score (nSPS) is 13.5. The standard InChI is InChI=1S/C26H36N2O3/c1-18(13-14-24(30)28-26(3,4)5)15-22(29)16-19(2)25(31)27-17-21-11-8-10-20-9-6-7-12-23(20)21/h6-12,18-19H,13-17H2,1-5H3,(H,27,31)(H,28,30)/t18-,19+/m0/s1. The molecule has 5 nitrogen and oxygen atoms in total. The average molecular weight is 425 g/mol. The van der Waals surface area contributed by atoms with Crippen molar-refractivity contribution in [2.45, 2.75) is 72.4 Å². The van der Waals surface area contributed by atoms with Crippen molar-refractivity contribution in [3.63, 3.8) is 0 Å². The number of rotatable bonds is 10. The highest BCUT2D eigenvalue weighted by Gasteiger charge is 2.20. The Kier molecular flexibility index (Phi) is 8.78. The molecule has 0 aliphatic heterocycles. The number of ketones is 1. The summed E-state index contributed by atoms with van der Waals surface area (Å²) >= 11 is 0. The maximum atomic E-state index is 12.5. The van der Waals surface area contributed by atoms with Crippen LogP contribution in [0.4, 0.5) is 0 Å². The van der Waals surface area contributed by atoms with Crippen molar-refractivity contribution in [1.29, 1.82) is 0 Å².